The minimum atomic E-state index is 0.159. The standard InChI is InChI=1S/C6H5N3O/c10-5-3-1-2-4-6(5)8-9-7-4/h1,3,10H,2H2. The zero-order valence-electron chi connectivity index (χ0n) is 5.15. The van der Waals surface area contributed by atoms with Gasteiger partial charge in [0.25, 0.3) is 0 Å². The molecule has 4 heteroatoms. The maximum atomic E-state index is 9.14. The fraction of sp³-hybridized carbons (Fsp3) is 0.167. The average molecular weight is 135 g/mol. The van der Waals surface area contributed by atoms with Crippen molar-refractivity contribution < 1.29 is 5.11 Å². The SMILES string of the molecule is OC1=C2N=NN=C2CC=C1. The molecule has 1 N–H and O–H groups in total. The van der Waals surface area contributed by atoms with Gasteiger partial charge in [-0.1, -0.05) is 6.08 Å². The number of fused-ring (bicyclic) bond motifs is 1. The molecule has 0 fully saturated rings. The molecule has 50 valence electrons. The van der Waals surface area contributed by atoms with E-state index in [-0.39, 0.29) is 5.76 Å². The second-order valence-electron chi connectivity index (χ2n) is 2.08. The molecule has 0 radical (unpaired) electrons. The molecule has 0 bridgehead atoms. The quantitative estimate of drug-likeness (QED) is 0.538. The second-order valence-corrected chi connectivity index (χ2v) is 2.08. The van der Waals surface area contributed by atoms with E-state index in [1.807, 2.05) is 6.08 Å². The Balaban J connectivity index is 2.53. The van der Waals surface area contributed by atoms with Gasteiger partial charge in [-0.25, -0.2) is 0 Å². The molecule has 0 aromatic heterocycles. The molecule has 4 nitrogen and oxygen atoms in total. The van der Waals surface area contributed by atoms with Gasteiger partial charge in [0.15, 0.2) is 5.70 Å². The van der Waals surface area contributed by atoms with Gasteiger partial charge in [0.1, 0.15) is 5.76 Å². The Bertz CT molecular complexity index is 285. The van der Waals surface area contributed by atoms with Crippen molar-refractivity contribution in [2.24, 2.45) is 15.4 Å². The Labute approximate surface area is 57.3 Å². The van der Waals surface area contributed by atoms with E-state index < -0.39 is 0 Å². The molecule has 0 atom stereocenters. The lowest BCUT2D eigenvalue weighted by atomic mass is 10.1. The Morgan fingerprint density at radius 1 is 1.50 bits per heavy atom. The summed E-state index contributed by atoms with van der Waals surface area (Å²) >= 11 is 0. The first kappa shape index (κ1) is 5.34. The number of allylic oxidation sites excluding steroid dienone is 3. The fourth-order valence-corrected chi connectivity index (χ4v) is 0.924. The van der Waals surface area contributed by atoms with Gasteiger partial charge in [0, 0.05) is 6.42 Å². The number of rotatable bonds is 0. The van der Waals surface area contributed by atoms with Gasteiger partial charge < -0.3 is 5.11 Å². The van der Waals surface area contributed by atoms with Crippen molar-refractivity contribution >= 4 is 5.71 Å². The van der Waals surface area contributed by atoms with Crippen LogP contribution in [-0.4, -0.2) is 10.8 Å². The maximum Gasteiger partial charge on any atom is 0.153 e. The summed E-state index contributed by atoms with van der Waals surface area (Å²) in [6, 6.07) is 0. The van der Waals surface area contributed by atoms with E-state index >= 15 is 0 Å². The van der Waals surface area contributed by atoms with E-state index in [0.717, 1.165) is 5.71 Å². The summed E-state index contributed by atoms with van der Waals surface area (Å²) in [6.07, 6.45) is 4.15. The van der Waals surface area contributed by atoms with E-state index in [1.54, 1.807) is 6.08 Å². The van der Waals surface area contributed by atoms with Crippen molar-refractivity contribution in [1.29, 1.82) is 0 Å². The van der Waals surface area contributed by atoms with Gasteiger partial charge in [0.2, 0.25) is 0 Å². The van der Waals surface area contributed by atoms with E-state index in [1.165, 1.54) is 0 Å². The Kier molecular flexibility index (Phi) is 0.943. The molecular weight excluding hydrogens is 130 g/mol. The first-order valence-corrected chi connectivity index (χ1v) is 2.95. The van der Waals surface area contributed by atoms with Crippen molar-refractivity contribution in [1.82, 2.24) is 0 Å². The third-order valence-electron chi connectivity index (χ3n) is 1.41. The highest BCUT2D eigenvalue weighted by atomic mass is 16.3. The third-order valence-corrected chi connectivity index (χ3v) is 1.41. The first-order valence-electron chi connectivity index (χ1n) is 2.95. The van der Waals surface area contributed by atoms with Crippen molar-refractivity contribution in [3.63, 3.8) is 0 Å². The summed E-state index contributed by atoms with van der Waals surface area (Å²) in [4.78, 5) is 0. The van der Waals surface area contributed by atoms with Crippen LogP contribution in [0.25, 0.3) is 0 Å². The minimum Gasteiger partial charge on any atom is -0.506 e. The molecule has 0 saturated carbocycles. The molecular formula is C6H5N3O. The van der Waals surface area contributed by atoms with E-state index in [4.69, 9.17) is 5.11 Å². The predicted molar refractivity (Wildman–Crippen MR) is 35.7 cm³/mol. The normalized spacial score (nSPS) is 21.4. The van der Waals surface area contributed by atoms with Crippen LogP contribution in [0.1, 0.15) is 6.42 Å². The topological polar surface area (TPSA) is 57.3 Å². The fourth-order valence-electron chi connectivity index (χ4n) is 0.924. The summed E-state index contributed by atoms with van der Waals surface area (Å²) in [7, 11) is 0. The average Bonchev–Trinajstić information content (AvgIpc) is 2.36. The lowest BCUT2D eigenvalue weighted by Crippen LogP contribution is -2.02. The zero-order valence-corrected chi connectivity index (χ0v) is 5.15. The molecule has 2 aliphatic rings. The summed E-state index contributed by atoms with van der Waals surface area (Å²) < 4.78 is 0. The Morgan fingerprint density at radius 2 is 2.40 bits per heavy atom. The molecule has 1 heterocycles. The van der Waals surface area contributed by atoms with E-state index in [0.29, 0.717) is 12.1 Å². The second kappa shape index (κ2) is 1.76. The number of nitrogens with zero attached hydrogens (tertiary/aromatic N) is 3. The summed E-state index contributed by atoms with van der Waals surface area (Å²) in [5, 5.41) is 19.9. The smallest absolute Gasteiger partial charge is 0.153 e. The number of aliphatic hydroxyl groups is 1. The molecule has 0 spiro atoms. The van der Waals surface area contributed by atoms with Crippen LogP contribution in [0.4, 0.5) is 0 Å². The minimum absolute atomic E-state index is 0.159. The number of hydrogen-bond acceptors (Lipinski definition) is 4. The number of hydrogen-bond donors (Lipinski definition) is 1. The van der Waals surface area contributed by atoms with Crippen LogP contribution in [-0.2, 0) is 0 Å². The maximum absolute atomic E-state index is 9.14. The van der Waals surface area contributed by atoms with Crippen LogP contribution in [0.2, 0.25) is 0 Å². The first-order chi connectivity index (χ1) is 4.88. The van der Waals surface area contributed by atoms with Crippen LogP contribution in [0.3, 0.4) is 0 Å². The monoisotopic (exact) mass is 135 g/mol. The van der Waals surface area contributed by atoms with Gasteiger partial charge in [-0.2, -0.15) is 0 Å². The van der Waals surface area contributed by atoms with Crippen LogP contribution in [0.15, 0.2) is 39.0 Å². The molecule has 0 unspecified atom stereocenters. The van der Waals surface area contributed by atoms with E-state index in [2.05, 4.69) is 15.4 Å². The van der Waals surface area contributed by atoms with Crippen LogP contribution >= 0.6 is 0 Å². The largest absolute Gasteiger partial charge is 0.506 e. The molecule has 0 saturated heterocycles. The summed E-state index contributed by atoms with van der Waals surface area (Å²) in [6.45, 7) is 0. The van der Waals surface area contributed by atoms with Crippen molar-refractivity contribution in [2.45, 2.75) is 6.42 Å². The predicted octanol–water partition coefficient (Wildman–Crippen LogP) is 1.54. The van der Waals surface area contributed by atoms with Crippen LogP contribution in [0, 0.1) is 0 Å². The number of aliphatic hydroxyl groups excluding tert-OH is 1. The highest BCUT2D eigenvalue weighted by molar-refractivity contribution is 6.03. The molecule has 0 aromatic rings. The molecule has 1 aliphatic carbocycles. The summed E-state index contributed by atoms with van der Waals surface area (Å²) in [5.41, 5.74) is 1.27. The molecule has 0 aromatic carbocycles. The van der Waals surface area contributed by atoms with E-state index in [9.17, 15) is 0 Å². The third kappa shape index (κ3) is 0.586. The van der Waals surface area contributed by atoms with Gasteiger partial charge in [-0.05, 0) is 11.3 Å². The lowest BCUT2D eigenvalue weighted by molar-refractivity contribution is 0.426. The van der Waals surface area contributed by atoms with Gasteiger partial charge >= 0.3 is 0 Å². The van der Waals surface area contributed by atoms with Gasteiger partial charge in [0.05, 0.1) is 5.71 Å². The molecule has 1 aliphatic heterocycles. The lowest BCUT2D eigenvalue weighted by Gasteiger charge is -2.02. The van der Waals surface area contributed by atoms with Crippen molar-refractivity contribution in [3.8, 4) is 0 Å². The summed E-state index contributed by atoms with van der Waals surface area (Å²) in [5.74, 6) is 0.159. The zero-order chi connectivity index (χ0) is 6.97. The van der Waals surface area contributed by atoms with Gasteiger partial charge in [-0.15, -0.1) is 10.2 Å². The van der Waals surface area contributed by atoms with Crippen molar-refractivity contribution in [3.05, 3.63) is 23.6 Å². The Hall–Kier alpha value is -1.45. The highest BCUT2D eigenvalue weighted by Gasteiger charge is 2.17. The van der Waals surface area contributed by atoms with Crippen molar-refractivity contribution in [2.75, 3.05) is 0 Å². The molecule has 10 heavy (non-hydrogen) atoms. The Morgan fingerprint density at radius 3 is 3.20 bits per heavy atom. The van der Waals surface area contributed by atoms with Crippen LogP contribution in [0.5, 0.6) is 0 Å². The molecule has 2 rings (SSSR count). The molecule has 0 amide bonds. The highest BCUT2D eigenvalue weighted by Crippen LogP contribution is 2.20. The van der Waals surface area contributed by atoms with Crippen LogP contribution < -0.4 is 0 Å². The van der Waals surface area contributed by atoms with Gasteiger partial charge in [-0.3, -0.25) is 0 Å².